The molecule has 1 rings (SSSR count). The van der Waals surface area contributed by atoms with Gasteiger partial charge in [0.1, 0.15) is 0 Å². The number of rotatable bonds is 4. The lowest BCUT2D eigenvalue weighted by Gasteiger charge is -2.32. The van der Waals surface area contributed by atoms with E-state index in [1.54, 1.807) is 6.08 Å². The lowest BCUT2D eigenvalue weighted by molar-refractivity contribution is 0.377. The Morgan fingerprint density at radius 2 is 2.10 bits per heavy atom. The molecule has 0 amide bonds. The summed E-state index contributed by atoms with van der Waals surface area (Å²) in [5.74, 6) is 0. The molecule has 1 heteroatoms. The molecule has 0 spiro atoms. The summed E-state index contributed by atoms with van der Waals surface area (Å²) < 4.78 is 39.8. The van der Waals surface area contributed by atoms with E-state index in [-0.39, 0.29) is 12.0 Å². The Bertz CT molecular complexity index is 722. The van der Waals surface area contributed by atoms with Crippen LogP contribution >= 0.6 is 0 Å². The van der Waals surface area contributed by atoms with Gasteiger partial charge in [0.25, 0.3) is 0 Å². The van der Waals surface area contributed by atoms with Gasteiger partial charge < -0.3 is 0 Å². The number of allylic oxidation sites excluding steroid dienone is 10. The fourth-order valence-electron chi connectivity index (χ4n) is 2.15. The van der Waals surface area contributed by atoms with Crippen molar-refractivity contribution in [1.29, 1.82) is 5.26 Å². The molecule has 0 aliphatic heterocycles. The van der Waals surface area contributed by atoms with Crippen molar-refractivity contribution >= 4 is 0 Å². The van der Waals surface area contributed by atoms with Crippen LogP contribution in [0.4, 0.5) is 0 Å². The summed E-state index contributed by atoms with van der Waals surface area (Å²) in [6.45, 7) is 5.19. The van der Waals surface area contributed by atoms with Gasteiger partial charge in [-0.3, -0.25) is 0 Å². The molecule has 0 saturated carbocycles. The Balaban J connectivity index is 3.27. The first-order chi connectivity index (χ1) is 11.8. The van der Waals surface area contributed by atoms with Gasteiger partial charge in [0.2, 0.25) is 0 Å². The quantitative estimate of drug-likeness (QED) is 0.456. The van der Waals surface area contributed by atoms with Crippen LogP contribution in [-0.4, -0.2) is 0 Å². The highest BCUT2D eigenvalue weighted by atomic mass is 14.3. The van der Waals surface area contributed by atoms with Crippen LogP contribution in [0.5, 0.6) is 0 Å². The van der Waals surface area contributed by atoms with Crippen molar-refractivity contribution in [2.24, 2.45) is 5.41 Å². The van der Waals surface area contributed by atoms with Gasteiger partial charge >= 0.3 is 0 Å². The van der Waals surface area contributed by atoms with E-state index in [0.29, 0.717) is 12.0 Å². The highest BCUT2D eigenvalue weighted by Gasteiger charge is 2.26. The highest BCUT2D eigenvalue weighted by molar-refractivity contribution is 5.37. The fourth-order valence-corrected chi connectivity index (χ4v) is 2.15. The molecule has 0 atom stereocenters. The molecule has 1 aliphatic carbocycles. The molecule has 0 aromatic carbocycles. The van der Waals surface area contributed by atoms with Crippen molar-refractivity contribution < 1.29 is 6.85 Å². The monoisotopic (exact) mass is 286 g/mol. The van der Waals surface area contributed by atoms with Crippen molar-refractivity contribution in [1.82, 2.24) is 0 Å². The SMILES string of the molecule is [2H]C([2H])([2H])C1=C(/C=C/C(C)=C/C=C/C(C)=C/C#N)C(C)(C)CCC1([2H])[2H]. The van der Waals surface area contributed by atoms with Crippen LogP contribution in [0.1, 0.15) is 60.6 Å². The van der Waals surface area contributed by atoms with Crippen LogP contribution < -0.4 is 0 Å². The average molecular weight is 286 g/mol. The average Bonchev–Trinajstić information content (AvgIpc) is 2.47. The molecule has 0 aromatic heterocycles. The van der Waals surface area contributed by atoms with Gasteiger partial charge in [-0.1, -0.05) is 55.4 Å². The molecule has 0 N–H and O–H groups in total. The van der Waals surface area contributed by atoms with Crippen LogP contribution in [0.15, 0.2) is 58.7 Å². The van der Waals surface area contributed by atoms with Crippen molar-refractivity contribution in [2.75, 3.05) is 0 Å². The summed E-state index contributed by atoms with van der Waals surface area (Å²) in [7, 11) is 0. The van der Waals surface area contributed by atoms with E-state index in [1.807, 2.05) is 58.1 Å². The van der Waals surface area contributed by atoms with E-state index in [2.05, 4.69) is 0 Å². The minimum absolute atomic E-state index is 0.0753. The van der Waals surface area contributed by atoms with E-state index in [1.165, 1.54) is 6.08 Å². The molecule has 0 fully saturated rings. The third kappa shape index (κ3) is 5.60. The Hall–Kier alpha value is -1.81. The highest BCUT2D eigenvalue weighted by Crippen LogP contribution is 2.40. The first kappa shape index (κ1) is 10.9. The maximum atomic E-state index is 8.59. The molecular weight excluding hydrogens is 254 g/mol. The van der Waals surface area contributed by atoms with Gasteiger partial charge in [0, 0.05) is 12.9 Å². The second-order valence-corrected chi connectivity index (χ2v) is 5.97. The molecule has 1 nitrogen and oxygen atoms in total. The summed E-state index contributed by atoms with van der Waals surface area (Å²) in [6.07, 6.45) is 9.52. The predicted molar refractivity (Wildman–Crippen MR) is 91.7 cm³/mol. The van der Waals surface area contributed by atoms with Crippen LogP contribution in [0, 0.1) is 16.7 Å². The standard InChI is InChI=1S/C20H27N/c1-16(8-6-9-17(2)13-15-21)11-12-19-18(3)10-7-14-20(19,4)5/h6,8-9,11-13H,7,10,14H2,1-5H3/b9-6+,12-11+,16-8+,17-13+/i3D3,10D2. The zero-order valence-corrected chi connectivity index (χ0v) is 13.3. The predicted octanol–water partition coefficient (Wildman–Crippen LogP) is 6.04. The van der Waals surface area contributed by atoms with Crippen LogP contribution in [-0.2, 0) is 0 Å². The summed E-state index contributed by atoms with van der Waals surface area (Å²) in [6, 6.07) is 1.97. The summed E-state index contributed by atoms with van der Waals surface area (Å²) in [4.78, 5) is 0. The van der Waals surface area contributed by atoms with Crippen LogP contribution in [0.3, 0.4) is 0 Å². The van der Waals surface area contributed by atoms with Gasteiger partial charge in [-0.15, -0.1) is 0 Å². The molecule has 0 unspecified atom stereocenters. The molecule has 0 saturated heterocycles. The Labute approximate surface area is 137 Å². The van der Waals surface area contributed by atoms with Gasteiger partial charge in [0.05, 0.1) is 6.07 Å². The lowest BCUT2D eigenvalue weighted by atomic mass is 9.72. The molecule has 0 aromatic rings. The zero-order chi connectivity index (χ0) is 20.2. The van der Waals surface area contributed by atoms with Gasteiger partial charge in [-0.05, 0) is 56.5 Å². The van der Waals surface area contributed by atoms with E-state index in [4.69, 9.17) is 12.1 Å². The van der Waals surface area contributed by atoms with E-state index in [0.717, 1.165) is 11.1 Å². The number of nitrogens with zero attached hydrogens (tertiary/aromatic N) is 1. The second-order valence-electron chi connectivity index (χ2n) is 5.97. The van der Waals surface area contributed by atoms with Crippen molar-refractivity contribution in [3.63, 3.8) is 0 Å². The maximum Gasteiger partial charge on any atom is 0.0914 e. The minimum atomic E-state index is -2.46. The van der Waals surface area contributed by atoms with Gasteiger partial charge in [-0.2, -0.15) is 5.26 Å². The van der Waals surface area contributed by atoms with Crippen LogP contribution in [0.25, 0.3) is 0 Å². The lowest BCUT2D eigenvalue weighted by Crippen LogP contribution is -2.19. The molecule has 1 aliphatic rings. The maximum absolute atomic E-state index is 8.59. The number of hydrogen-bond donors (Lipinski definition) is 0. The van der Waals surface area contributed by atoms with E-state index < -0.39 is 18.6 Å². The first-order valence-corrected chi connectivity index (χ1v) is 7.16. The molecule has 0 radical (unpaired) electrons. The Morgan fingerprint density at radius 1 is 1.33 bits per heavy atom. The molecule has 112 valence electrons. The zero-order valence-electron chi connectivity index (χ0n) is 18.3. The third-order valence-electron chi connectivity index (χ3n) is 3.57. The van der Waals surface area contributed by atoms with E-state index >= 15 is 0 Å². The third-order valence-corrected chi connectivity index (χ3v) is 3.57. The fraction of sp³-hybridized carbons (Fsp3) is 0.450. The topological polar surface area (TPSA) is 23.8 Å². The van der Waals surface area contributed by atoms with E-state index in [9.17, 15) is 0 Å². The number of hydrogen-bond acceptors (Lipinski definition) is 1. The second kappa shape index (κ2) is 7.84. The number of nitriles is 1. The summed E-state index contributed by atoms with van der Waals surface area (Å²) >= 11 is 0. The molecule has 0 heterocycles. The molecule has 21 heavy (non-hydrogen) atoms. The Morgan fingerprint density at radius 3 is 2.76 bits per heavy atom. The summed E-state index contributed by atoms with van der Waals surface area (Å²) in [5.41, 5.74) is 1.84. The van der Waals surface area contributed by atoms with Crippen molar-refractivity contribution in [3.05, 3.63) is 58.7 Å². The van der Waals surface area contributed by atoms with Gasteiger partial charge in [0.15, 0.2) is 0 Å². The summed E-state index contributed by atoms with van der Waals surface area (Å²) in [5, 5.41) is 8.59. The molecular formula is C20H27N. The molecule has 0 bridgehead atoms. The van der Waals surface area contributed by atoms with Crippen LogP contribution in [0.2, 0.25) is 0 Å². The van der Waals surface area contributed by atoms with Crippen molar-refractivity contribution in [2.45, 2.75) is 53.8 Å². The van der Waals surface area contributed by atoms with Crippen molar-refractivity contribution in [3.8, 4) is 6.07 Å². The minimum Gasteiger partial charge on any atom is -0.193 e. The normalized spacial score (nSPS) is 26.9. The Kier molecular flexibility index (Phi) is 4.05. The van der Waals surface area contributed by atoms with Gasteiger partial charge in [-0.25, -0.2) is 0 Å². The first-order valence-electron chi connectivity index (χ1n) is 9.66. The smallest absolute Gasteiger partial charge is 0.0914 e. The largest absolute Gasteiger partial charge is 0.193 e.